The molecular formula is C13H26N2O2. The predicted octanol–water partition coefficient (Wildman–Crippen LogP) is 1.53. The first-order valence-corrected chi connectivity index (χ1v) is 6.44. The Hall–Kier alpha value is -0.610. The van der Waals surface area contributed by atoms with Crippen molar-refractivity contribution in [3.63, 3.8) is 0 Å². The van der Waals surface area contributed by atoms with E-state index in [1.165, 1.54) is 0 Å². The minimum atomic E-state index is -0.748. The molecule has 4 heteroatoms. The van der Waals surface area contributed by atoms with Crippen molar-refractivity contribution in [3.8, 4) is 0 Å². The first-order valence-electron chi connectivity index (χ1n) is 6.44. The van der Waals surface area contributed by atoms with Crippen molar-refractivity contribution in [2.75, 3.05) is 13.1 Å². The smallest absolute Gasteiger partial charge is 0.242 e. The van der Waals surface area contributed by atoms with Crippen LogP contribution >= 0.6 is 0 Å². The van der Waals surface area contributed by atoms with Crippen molar-refractivity contribution < 1.29 is 9.53 Å². The van der Waals surface area contributed by atoms with Crippen LogP contribution in [0.15, 0.2) is 0 Å². The van der Waals surface area contributed by atoms with Crippen LogP contribution in [0.25, 0.3) is 0 Å². The van der Waals surface area contributed by atoms with Gasteiger partial charge in [0.05, 0.1) is 17.2 Å². The molecule has 0 aliphatic carbocycles. The lowest BCUT2D eigenvalue weighted by Gasteiger charge is -2.44. The molecular weight excluding hydrogens is 216 g/mol. The van der Waals surface area contributed by atoms with Crippen molar-refractivity contribution in [3.05, 3.63) is 0 Å². The fourth-order valence-electron chi connectivity index (χ4n) is 2.60. The topological polar surface area (TPSA) is 55.6 Å². The number of hydrogen-bond donors (Lipinski definition) is 1. The maximum absolute atomic E-state index is 12.4. The van der Waals surface area contributed by atoms with Gasteiger partial charge in [0.25, 0.3) is 0 Å². The van der Waals surface area contributed by atoms with E-state index in [0.29, 0.717) is 13.1 Å². The van der Waals surface area contributed by atoms with Crippen LogP contribution < -0.4 is 5.73 Å². The number of nitrogens with zero attached hydrogens (tertiary/aromatic N) is 1. The highest BCUT2D eigenvalue weighted by molar-refractivity contribution is 5.85. The summed E-state index contributed by atoms with van der Waals surface area (Å²) in [5.41, 5.74) is 5.07. The van der Waals surface area contributed by atoms with Gasteiger partial charge in [0, 0.05) is 13.1 Å². The van der Waals surface area contributed by atoms with Gasteiger partial charge in [-0.2, -0.15) is 0 Å². The van der Waals surface area contributed by atoms with E-state index < -0.39 is 5.54 Å². The third-order valence-corrected chi connectivity index (χ3v) is 3.11. The summed E-state index contributed by atoms with van der Waals surface area (Å²) < 4.78 is 5.79. The molecule has 0 radical (unpaired) electrons. The maximum Gasteiger partial charge on any atom is 0.242 e. The average molecular weight is 242 g/mol. The molecule has 0 aromatic heterocycles. The van der Waals surface area contributed by atoms with E-state index >= 15 is 0 Å². The number of morpholine rings is 1. The zero-order valence-electron chi connectivity index (χ0n) is 11.7. The minimum Gasteiger partial charge on any atom is -0.369 e. The summed E-state index contributed by atoms with van der Waals surface area (Å²) in [7, 11) is 0. The number of amides is 1. The number of rotatable bonds is 3. The standard InChI is InChI=1S/C13H26N2O2/c1-6-7-13(5,14)11(16)15-8-10(2)17-12(3,4)9-15/h10H,6-9,14H2,1-5H3. The molecule has 1 rings (SSSR count). The molecule has 0 saturated carbocycles. The second kappa shape index (κ2) is 4.94. The lowest BCUT2D eigenvalue weighted by Crippen LogP contribution is -2.61. The molecule has 1 fully saturated rings. The van der Waals surface area contributed by atoms with Crippen LogP contribution in [0.1, 0.15) is 47.5 Å². The molecule has 0 spiro atoms. The summed E-state index contributed by atoms with van der Waals surface area (Å²) in [5, 5.41) is 0. The van der Waals surface area contributed by atoms with Crippen molar-refractivity contribution >= 4 is 5.91 Å². The van der Waals surface area contributed by atoms with Crippen LogP contribution in [-0.4, -0.2) is 41.1 Å². The minimum absolute atomic E-state index is 0.0441. The Labute approximate surface area is 104 Å². The van der Waals surface area contributed by atoms with Crippen molar-refractivity contribution in [2.24, 2.45) is 5.73 Å². The third kappa shape index (κ3) is 3.68. The monoisotopic (exact) mass is 242 g/mol. The van der Waals surface area contributed by atoms with Crippen molar-refractivity contribution in [2.45, 2.75) is 64.7 Å². The summed E-state index contributed by atoms with van der Waals surface area (Å²) in [6.45, 7) is 11.1. The van der Waals surface area contributed by atoms with Gasteiger partial charge in [-0.25, -0.2) is 0 Å². The van der Waals surface area contributed by atoms with Gasteiger partial charge in [0.15, 0.2) is 0 Å². The fraction of sp³-hybridized carbons (Fsp3) is 0.923. The van der Waals surface area contributed by atoms with Crippen molar-refractivity contribution in [1.82, 2.24) is 4.90 Å². The number of carbonyl (C=O) groups excluding carboxylic acids is 1. The van der Waals surface area contributed by atoms with Crippen LogP contribution in [0.2, 0.25) is 0 Å². The SMILES string of the molecule is CCCC(C)(N)C(=O)N1CC(C)OC(C)(C)C1. The molecule has 1 aliphatic rings. The predicted molar refractivity (Wildman–Crippen MR) is 68.7 cm³/mol. The van der Waals surface area contributed by atoms with Crippen LogP contribution in [0.5, 0.6) is 0 Å². The zero-order valence-corrected chi connectivity index (χ0v) is 11.7. The molecule has 2 atom stereocenters. The highest BCUT2D eigenvalue weighted by Crippen LogP contribution is 2.23. The van der Waals surface area contributed by atoms with E-state index in [0.717, 1.165) is 12.8 Å². The summed E-state index contributed by atoms with van der Waals surface area (Å²) in [6, 6.07) is 0. The van der Waals surface area contributed by atoms with Crippen LogP contribution in [0, 0.1) is 0 Å². The molecule has 0 bridgehead atoms. The molecule has 1 amide bonds. The summed E-state index contributed by atoms with van der Waals surface area (Å²) in [5.74, 6) is 0.0441. The first kappa shape index (κ1) is 14.5. The molecule has 2 N–H and O–H groups in total. The number of carbonyl (C=O) groups is 1. The summed E-state index contributed by atoms with van der Waals surface area (Å²) in [6.07, 6.45) is 1.71. The molecule has 100 valence electrons. The molecule has 4 nitrogen and oxygen atoms in total. The molecule has 2 unspecified atom stereocenters. The Morgan fingerprint density at radius 3 is 2.65 bits per heavy atom. The quantitative estimate of drug-likeness (QED) is 0.816. The van der Waals surface area contributed by atoms with Crippen LogP contribution in [-0.2, 0) is 9.53 Å². The third-order valence-electron chi connectivity index (χ3n) is 3.11. The van der Waals surface area contributed by atoms with Crippen molar-refractivity contribution in [1.29, 1.82) is 0 Å². The Balaban J connectivity index is 2.75. The highest BCUT2D eigenvalue weighted by atomic mass is 16.5. The average Bonchev–Trinajstić information content (AvgIpc) is 2.13. The second-order valence-corrected chi connectivity index (χ2v) is 6.04. The number of nitrogens with two attached hydrogens (primary N) is 1. The molecule has 1 heterocycles. The van der Waals surface area contributed by atoms with E-state index in [1.807, 2.05) is 39.5 Å². The zero-order chi connectivity index (χ0) is 13.3. The molecule has 0 aromatic carbocycles. The Bertz CT molecular complexity index is 287. The second-order valence-electron chi connectivity index (χ2n) is 6.04. The summed E-state index contributed by atoms with van der Waals surface area (Å²) >= 11 is 0. The van der Waals surface area contributed by atoms with E-state index in [4.69, 9.17) is 10.5 Å². The van der Waals surface area contributed by atoms with Gasteiger partial charge in [-0.3, -0.25) is 4.79 Å². The molecule has 1 aliphatic heterocycles. The fourth-order valence-corrected chi connectivity index (χ4v) is 2.60. The van der Waals surface area contributed by atoms with E-state index in [2.05, 4.69) is 0 Å². The number of ether oxygens (including phenoxy) is 1. The molecule has 1 saturated heterocycles. The summed E-state index contributed by atoms with van der Waals surface area (Å²) in [4.78, 5) is 14.2. The Kier molecular flexibility index (Phi) is 4.20. The van der Waals surface area contributed by atoms with Gasteiger partial charge in [-0.05, 0) is 34.1 Å². The first-order chi connectivity index (χ1) is 7.68. The maximum atomic E-state index is 12.4. The number of hydrogen-bond acceptors (Lipinski definition) is 3. The normalized spacial score (nSPS) is 27.6. The van der Waals surface area contributed by atoms with Gasteiger partial charge >= 0.3 is 0 Å². The highest BCUT2D eigenvalue weighted by Gasteiger charge is 2.39. The van der Waals surface area contributed by atoms with Crippen LogP contribution in [0.4, 0.5) is 0 Å². The van der Waals surface area contributed by atoms with Gasteiger partial charge < -0.3 is 15.4 Å². The van der Waals surface area contributed by atoms with E-state index in [-0.39, 0.29) is 17.6 Å². The molecule has 0 aromatic rings. The van der Waals surface area contributed by atoms with Gasteiger partial charge in [0.1, 0.15) is 0 Å². The Morgan fingerprint density at radius 1 is 1.59 bits per heavy atom. The lowest BCUT2D eigenvalue weighted by molar-refractivity contribution is -0.162. The van der Waals surface area contributed by atoms with Gasteiger partial charge in [-0.1, -0.05) is 13.3 Å². The van der Waals surface area contributed by atoms with Crippen LogP contribution in [0.3, 0.4) is 0 Å². The van der Waals surface area contributed by atoms with E-state index in [1.54, 1.807) is 0 Å². The molecule has 17 heavy (non-hydrogen) atoms. The largest absolute Gasteiger partial charge is 0.369 e. The van der Waals surface area contributed by atoms with Gasteiger partial charge in [0.2, 0.25) is 5.91 Å². The Morgan fingerprint density at radius 2 is 2.18 bits per heavy atom. The van der Waals surface area contributed by atoms with E-state index in [9.17, 15) is 4.79 Å². The lowest BCUT2D eigenvalue weighted by atomic mass is 9.94. The van der Waals surface area contributed by atoms with Gasteiger partial charge in [-0.15, -0.1) is 0 Å².